The number of benzene rings is 3. The van der Waals surface area contributed by atoms with Gasteiger partial charge in [0.05, 0.1) is 23.0 Å². The molecule has 4 N–H and O–H groups in total. The van der Waals surface area contributed by atoms with Gasteiger partial charge in [-0.2, -0.15) is 0 Å². The van der Waals surface area contributed by atoms with Crippen molar-refractivity contribution in [2.24, 2.45) is 5.73 Å². The molecule has 10 heteroatoms. The summed E-state index contributed by atoms with van der Waals surface area (Å²) < 4.78 is 6.38. The molecule has 0 bridgehead atoms. The van der Waals surface area contributed by atoms with Crippen molar-refractivity contribution < 1.29 is 14.3 Å². The summed E-state index contributed by atoms with van der Waals surface area (Å²) in [4.78, 5) is 44.3. The van der Waals surface area contributed by atoms with Crippen molar-refractivity contribution in [1.82, 2.24) is 24.8 Å². The maximum absolute atomic E-state index is 13.9. The number of para-hydroxylation sites is 2. The second-order valence-electron chi connectivity index (χ2n) is 10.2. The molecule has 0 radical (unpaired) electrons. The van der Waals surface area contributed by atoms with Crippen LogP contribution in [0.5, 0.6) is 5.75 Å². The molecule has 208 valence electrons. The number of nitrogens with zero attached hydrogens (tertiary/aromatic N) is 4. The number of H-pyrrole nitrogens is 2. The number of likely N-dealkylation sites (tertiary alicyclic amines) is 1. The van der Waals surface area contributed by atoms with Crippen molar-refractivity contribution in [3.8, 4) is 5.75 Å². The molecule has 0 atom stereocenters. The summed E-state index contributed by atoms with van der Waals surface area (Å²) in [6, 6.07) is 23.6. The van der Waals surface area contributed by atoms with Gasteiger partial charge in [0.1, 0.15) is 17.5 Å². The van der Waals surface area contributed by atoms with Crippen molar-refractivity contribution in [3.05, 3.63) is 102 Å². The van der Waals surface area contributed by atoms with Crippen molar-refractivity contribution in [1.29, 1.82) is 0 Å². The van der Waals surface area contributed by atoms with Crippen molar-refractivity contribution in [2.45, 2.75) is 32.4 Å². The summed E-state index contributed by atoms with van der Waals surface area (Å²) >= 11 is 0. The first-order chi connectivity index (χ1) is 20.0. The highest BCUT2D eigenvalue weighted by Gasteiger charge is 2.29. The molecule has 5 aromatic rings. The van der Waals surface area contributed by atoms with Crippen LogP contribution in [0.25, 0.3) is 11.0 Å². The highest BCUT2D eigenvalue weighted by Crippen LogP contribution is 2.33. The van der Waals surface area contributed by atoms with E-state index in [-0.39, 0.29) is 17.5 Å². The summed E-state index contributed by atoms with van der Waals surface area (Å²) in [7, 11) is 0. The lowest BCUT2D eigenvalue weighted by Crippen LogP contribution is -2.37. The number of fused-ring (bicyclic) bond motifs is 1. The lowest BCUT2D eigenvalue weighted by Gasteiger charge is -2.32. The molecule has 1 saturated heterocycles. The quantitative estimate of drug-likeness (QED) is 0.257. The second kappa shape index (κ2) is 11.3. The monoisotopic (exact) mass is 549 g/mol. The molecule has 2 aromatic heterocycles. The predicted octanol–water partition coefficient (Wildman–Crippen LogP) is 4.72. The number of nitrogens with two attached hydrogens (primary N) is 1. The van der Waals surface area contributed by atoms with Gasteiger partial charge in [0.2, 0.25) is 5.95 Å². The molecule has 1 fully saturated rings. The molecule has 2 amide bonds. The molecular formula is C31H31N7O3. The average molecular weight is 550 g/mol. The summed E-state index contributed by atoms with van der Waals surface area (Å²) in [6.45, 7) is 4.80. The first-order valence-corrected chi connectivity index (χ1v) is 13.6. The molecule has 0 spiro atoms. The van der Waals surface area contributed by atoms with E-state index in [1.54, 1.807) is 0 Å². The van der Waals surface area contributed by atoms with Crippen LogP contribution in [0.1, 0.15) is 44.9 Å². The SMILES string of the molecule is Cc1cc(OC2CCN(Cc3ccccc3)CC2)ccc1N(C(=O)c1[nH]cnc1C(N)=O)c1nc2ccccc2[nH]1. The van der Waals surface area contributed by atoms with Gasteiger partial charge in [-0.05, 0) is 61.2 Å². The Hall–Kier alpha value is -4.96. The number of carbonyl (C=O) groups excluding carboxylic acids is 2. The highest BCUT2D eigenvalue weighted by molar-refractivity contribution is 6.14. The van der Waals surface area contributed by atoms with E-state index in [4.69, 9.17) is 10.5 Å². The van der Waals surface area contributed by atoms with E-state index in [9.17, 15) is 9.59 Å². The number of amides is 2. The lowest BCUT2D eigenvalue weighted by molar-refractivity contribution is 0.0960. The molecule has 0 aliphatic carbocycles. The predicted molar refractivity (Wildman–Crippen MR) is 156 cm³/mol. The Labute approximate surface area is 237 Å². The number of rotatable bonds is 8. The van der Waals surface area contributed by atoms with E-state index >= 15 is 0 Å². The summed E-state index contributed by atoms with van der Waals surface area (Å²) in [5, 5.41) is 0. The fourth-order valence-electron chi connectivity index (χ4n) is 5.29. The number of ether oxygens (including phenoxy) is 1. The zero-order chi connectivity index (χ0) is 28.3. The molecule has 1 aliphatic heterocycles. The molecule has 1 aliphatic rings. The third-order valence-electron chi connectivity index (χ3n) is 7.37. The van der Waals surface area contributed by atoms with Crippen LogP contribution < -0.4 is 15.4 Å². The maximum atomic E-state index is 13.9. The molecule has 0 saturated carbocycles. The van der Waals surface area contributed by atoms with Crippen LogP contribution >= 0.6 is 0 Å². The zero-order valence-electron chi connectivity index (χ0n) is 22.7. The van der Waals surface area contributed by atoms with E-state index in [0.717, 1.165) is 49.3 Å². The third kappa shape index (κ3) is 5.55. The molecule has 3 heterocycles. The number of aryl methyl sites for hydroxylation is 1. The van der Waals surface area contributed by atoms with Gasteiger partial charge in [-0.1, -0.05) is 42.5 Å². The van der Waals surface area contributed by atoms with Crippen LogP contribution in [0.4, 0.5) is 11.6 Å². The van der Waals surface area contributed by atoms with E-state index in [1.807, 2.05) is 55.5 Å². The third-order valence-corrected chi connectivity index (χ3v) is 7.37. The van der Waals surface area contributed by atoms with Gasteiger partial charge in [0, 0.05) is 19.6 Å². The topological polar surface area (TPSA) is 133 Å². The normalized spacial score (nSPS) is 14.3. The Morgan fingerprint density at radius 2 is 1.80 bits per heavy atom. The number of carbonyl (C=O) groups is 2. The number of hydrogen-bond acceptors (Lipinski definition) is 6. The van der Waals surface area contributed by atoms with Crippen LogP contribution in [0.2, 0.25) is 0 Å². The Balaban J connectivity index is 1.23. The van der Waals surface area contributed by atoms with E-state index in [2.05, 4.69) is 49.1 Å². The number of aromatic amines is 2. The fraction of sp³-hybridized carbons (Fsp3) is 0.226. The zero-order valence-corrected chi connectivity index (χ0v) is 22.7. The maximum Gasteiger partial charge on any atom is 0.284 e. The molecule has 6 rings (SSSR count). The molecule has 3 aromatic carbocycles. The highest BCUT2D eigenvalue weighted by atomic mass is 16.5. The molecule has 10 nitrogen and oxygen atoms in total. The van der Waals surface area contributed by atoms with Gasteiger partial charge in [-0.15, -0.1) is 0 Å². The number of piperidine rings is 1. The minimum atomic E-state index is -0.797. The Morgan fingerprint density at radius 3 is 2.54 bits per heavy atom. The smallest absolute Gasteiger partial charge is 0.284 e. The fourth-order valence-corrected chi connectivity index (χ4v) is 5.29. The standard InChI is InChI=1S/C31H31N7O3/c1-20-17-23(41-22-13-15-37(16-14-22)18-21-7-3-2-4-8-21)11-12-26(20)38(30(40)28-27(29(32)39)33-19-34-28)31-35-24-9-5-6-10-25(24)36-31/h2-12,17,19,22H,13-16,18H2,1H3,(H2,32,39)(H,33,34)(H,35,36). The first kappa shape index (κ1) is 26.3. The molecular weight excluding hydrogens is 518 g/mol. The van der Waals surface area contributed by atoms with Crippen molar-refractivity contribution in [2.75, 3.05) is 18.0 Å². The van der Waals surface area contributed by atoms with Crippen molar-refractivity contribution >= 4 is 34.5 Å². The van der Waals surface area contributed by atoms with Crippen LogP contribution in [-0.2, 0) is 6.54 Å². The largest absolute Gasteiger partial charge is 0.490 e. The second-order valence-corrected chi connectivity index (χ2v) is 10.2. The van der Waals surface area contributed by atoms with Gasteiger partial charge < -0.3 is 20.4 Å². The molecule has 41 heavy (non-hydrogen) atoms. The van der Waals surface area contributed by atoms with Gasteiger partial charge in [0.25, 0.3) is 11.8 Å². The van der Waals surface area contributed by atoms with Crippen LogP contribution in [0.3, 0.4) is 0 Å². The number of hydrogen-bond donors (Lipinski definition) is 3. The minimum absolute atomic E-state index is 0.0139. The van der Waals surface area contributed by atoms with E-state index in [0.29, 0.717) is 17.2 Å². The first-order valence-electron chi connectivity index (χ1n) is 13.6. The summed E-state index contributed by atoms with van der Waals surface area (Å²) in [5.41, 5.74) is 9.53. The average Bonchev–Trinajstić information content (AvgIpc) is 3.64. The van der Waals surface area contributed by atoms with E-state index in [1.165, 1.54) is 16.8 Å². The Bertz CT molecular complexity index is 1650. The summed E-state index contributed by atoms with van der Waals surface area (Å²) in [5.74, 6) is -0.264. The number of primary amides is 1. The summed E-state index contributed by atoms with van der Waals surface area (Å²) in [6.07, 6.45) is 3.27. The van der Waals surface area contributed by atoms with Gasteiger partial charge >= 0.3 is 0 Å². The van der Waals surface area contributed by atoms with Gasteiger partial charge in [0.15, 0.2) is 5.69 Å². The number of nitrogens with one attached hydrogen (secondary N) is 2. The number of anilines is 2. The number of imidazole rings is 2. The Morgan fingerprint density at radius 1 is 1.05 bits per heavy atom. The Kier molecular flexibility index (Phi) is 7.22. The number of aromatic nitrogens is 4. The van der Waals surface area contributed by atoms with Gasteiger partial charge in [-0.3, -0.25) is 14.5 Å². The van der Waals surface area contributed by atoms with Gasteiger partial charge in [-0.25, -0.2) is 14.9 Å². The molecule has 0 unspecified atom stereocenters. The van der Waals surface area contributed by atoms with Crippen molar-refractivity contribution in [3.63, 3.8) is 0 Å². The minimum Gasteiger partial charge on any atom is -0.490 e. The van der Waals surface area contributed by atoms with Crippen LogP contribution in [0.15, 0.2) is 79.1 Å². The lowest BCUT2D eigenvalue weighted by atomic mass is 10.1. The van der Waals surface area contributed by atoms with E-state index < -0.39 is 11.8 Å². The van der Waals surface area contributed by atoms with Crippen LogP contribution in [-0.4, -0.2) is 55.8 Å². The van der Waals surface area contributed by atoms with Crippen LogP contribution in [0, 0.1) is 6.92 Å².